The summed E-state index contributed by atoms with van der Waals surface area (Å²) in [6.45, 7) is 2.30. The Kier molecular flexibility index (Phi) is 3.16. The Hall–Kier alpha value is -1.07. The van der Waals surface area contributed by atoms with Crippen molar-refractivity contribution in [3.63, 3.8) is 0 Å². The van der Waals surface area contributed by atoms with E-state index in [-0.39, 0.29) is 6.04 Å². The molecule has 0 saturated carbocycles. The van der Waals surface area contributed by atoms with Crippen LogP contribution in [0, 0.1) is 0 Å². The molecule has 1 fully saturated rings. The van der Waals surface area contributed by atoms with E-state index < -0.39 is 11.7 Å². The molecule has 1 aliphatic heterocycles. The SMILES string of the molecule is FC(F)(F)c1cccc([C@H]2CNCCN2)c1. The number of rotatable bonds is 1. The third-order valence-electron chi connectivity index (χ3n) is 2.66. The first-order chi connectivity index (χ1) is 7.57. The molecule has 2 rings (SSSR count). The van der Waals surface area contributed by atoms with E-state index in [1.807, 2.05) is 0 Å². The molecule has 0 radical (unpaired) electrons. The molecular weight excluding hydrogens is 217 g/mol. The van der Waals surface area contributed by atoms with E-state index in [2.05, 4.69) is 10.6 Å². The molecule has 1 aromatic carbocycles. The van der Waals surface area contributed by atoms with E-state index >= 15 is 0 Å². The van der Waals surface area contributed by atoms with Gasteiger partial charge in [-0.15, -0.1) is 0 Å². The van der Waals surface area contributed by atoms with Crippen molar-refractivity contribution in [1.29, 1.82) is 0 Å². The second-order valence-corrected chi connectivity index (χ2v) is 3.83. The zero-order valence-corrected chi connectivity index (χ0v) is 8.64. The van der Waals surface area contributed by atoms with Gasteiger partial charge in [-0.05, 0) is 17.7 Å². The molecule has 2 nitrogen and oxygen atoms in total. The van der Waals surface area contributed by atoms with Crippen molar-refractivity contribution >= 4 is 0 Å². The van der Waals surface area contributed by atoms with Crippen LogP contribution in [0.25, 0.3) is 0 Å². The summed E-state index contributed by atoms with van der Waals surface area (Å²) in [5.74, 6) is 0. The molecule has 0 unspecified atom stereocenters. The number of benzene rings is 1. The lowest BCUT2D eigenvalue weighted by molar-refractivity contribution is -0.137. The van der Waals surface area contributed by atoms with Crippen LogP contribution in [0.4, 0.5) is 13.2 Å². The average molecular weight is 230 g/mol. The number of alkyl halides is 3. The predicted octanol–water partition coefficient (Wildman–Crippen LogP) is 1.94. The maximum atomic E-state index is 12.5. The normalized spacial score (nSPS) is 22.1. The molecule has 1 aliphatic rings. The fourth-order valence-corrected chi connectivity index (χ4v) is 1.82. The molecule has 1 aromatic rings. The summed E-state index contributed by atoms with van der Waals surface area (Å²) < 4.78 is 37.5. The molecule has 0 aliphatic carbocycles. The number of nitrogens with one attached hydrogen (secondary N) is 2. The Morgan fingerprint density at radius 2 is 2.00 bits per heavy atom. The van der Waals surface area contributed by atoms with Crippen molar-refractivity contribution in [2.24, 2.45) is 0 Å². The van der Waals surface area contributed by atoms with Crippen molar-refractivity contribution < 1.29 is 13.2 Å². The van der Waals surface area contributed by atoms with Gasteiger partial charge in [0.25, 0.3) is 0 Å². The highest BCUT2D eigenvalue weighted by atomic mass is 19.4. The summed E-state index contributed by atoms with van der Waals surface area (Å²) >= 11 is 0. The lowest BCUT2D eigenvalue weighted by Gasteiger charge is -2.25. The highest BCUT2D eigenvalue weighted by molar-refractivity contribution is 5.28. The number of hydrogen-bond donors (Lipinski definition) is 2. The van der Waals surface area contributed by atoms with E-state index in [0.717, 1.165) is 19.2 Å². The second-order valence-electron chi connectivity index (χ2n) is 3.83. The van der Waals surface area contributed by atoms with Crippen molar-refractivity contribution in [3.8, 4) is 0 Å². The van der Waals surface area contributed by atoms with Crippen LogP contribution in [0.2, 0.25) is 0 Å². The highest BCUT2D eigenvalue weighted by Crippen LogP contribution is 2.30. The van der Waals surface area contributed by atoms with Gasteiger partial charge >= 0.3 is 6.18 Å². The summed E-state index contributed by atoms with van der Waals surface area (Å²) in [5.41, 5.74) is 0.0967. The third-order valence-corrected chi connectivity index (χ3v) is 2.66. The first-order valence-electron chi connectivity index (χ1n) is 5.18. The van der Waals surface area contributed by atoms with Gasteiger partial charge in [0.2, 0.25) is 0 Å². The van der Waals surface area contributed by atoms with Gasteiger partial charge in [0.15, 0.2) is 0 Å². The van der Waals surface area contributed by atoms with Crippen molar-refractivity contribution in [2.75, 3.05) is 19.6 Å². The summed E-state index contributed by atoms with van der Waals surface area (Å²) in [7, 11) is 0. The summed E-state index contributed by atoms with van der Waals surface area (Å²) in [4.78, 5) is 0. The van der Waals surface area contributed by atoms with Crippen molar-refractivity contribution in [3.05, 3.63) is 35.4 Å². The minimum atomic E-state index is -4.27. The molecule has 1 heterocycles. The highest BCUT2D eigenvalue weighted by Gasteiger charge is 2.31. The summed E-state index contributed by atoms with van der Waals surface area (Å²) in [6, 6.07) is 5.45. The monoisotopic (exact) mass is 230 g/mol. The van der Waals surface area contributed by atoms with E-state index in [9.17, 15) is 13.2 Å². The Bertz CT molecular complexity index is 356. The molecule has 0 aromatic heterocycles. The fraction of sp³-hybridized carbons (Fsp3) is 0.455. The summed E-state index contributed by atoms with van der Waals surface area (Å²) in [5, 5.41) is 6.33. The van der Waals surface area contributed by atoms with Crippen LogP contribution in [-0.4, -0.2) is 19.6 Å². The van der Waals surface area contributed by atoms with Crippen LogP contribution in [0.5, 0.6) is 0 Å². The Morgan fingerprint density at radius 1 is 1.19 bits per heavy atom. The molecule has 1 atom stereocenters. The van der Waals surface area contributed by atoms with Crippen LogP contribution in [-0.2, 0) is 6.18 Å². The van der Waals surface area contributed by atoms with Crippen molar-refractivity contribution in [1.82, 2.24) is 10.6 Å². The minimum Gasteiger partial charge on any atom is -0.314 e. The molecule has 0 amide bonds. The Labute approximate surface area is 91.8 Å². The predicted molar refractivity (Wildman–Crippen MR) is 55.1 cm³/mol. The molecule has 0 bridgehead atoms. The van der Waals surface area contributed by atoms with Crippen LogP contribution in [0.15, 0.2) is 24.3 Å². The van der Waals surface area contributed by atoms with E-state index in [1.54, 1.807) is 6.07 Å². The molecular formula is C11H13F3N2. The lowest BCUT2D eigenvalue weighted by atomic mass is 10.0. The molecule has 16 heavy (non-hydrogen) atoms. The van der Waals surface area contributed by atoms with Gasteiger partial charge in [-0.1, -0.05) is 12.1 Å². The number of halogens is 3. The molecule has 2 N–H and O–H groups in total. The maximum Gasteiger partial charge on any atom is 0.416 e. The van der Waals surface area contributed by atoms with Crippen LogP contribution < -0.4 is 10.6 Å². The summed E-state index contributed by atoms with van der Waals surface area (Å²) in [6.07, 6.45) is -4.27. The smallest absolute Gasteiger partial charge is 0.314 e. The van der Waals surface area contributed by atoms with Crippen LogP contribution in [0.3, 0.4) is 0 Å². The van der Waals surface area contributed by atoms with Gasteiger partial charge in [-0.2, -0.15) is 13.2 Å². The van der Waals surface area contributed by atoms with Gasteiger partial charge in [0.1, 0.15) is 0 Å². The van der Waals surface area contributed by atoms with Crippen LogP contribution >= 0.6 is 0 Å². The Balaban J connectivity index is 2.21. The molecule has 88 valence electrons. The molecule has 1 saturated heterocycles. The molecule has 0 spiro atoms. The number of hydrogen-bond acceptors (Lipinski definition) is 2. The second kappa shape index (κ2) is 4.43. The zero-order chi connectivity index (χ0) is 11.6. The van der Waals surface area contributed by atoms with Gasteiger partial charge < -0.3 is 10.6 Å². The van der Waals surface area contributed by atoms with Gasteiger partial charge in [-0.3, -0.25) is 0 Å². The van der Waals surface area contributed by atoms with E-state index in [0.29, 0.717) is 12.1 Å². The zero-order valence-electron chi connectivity index (χ0n) is 8.64. The van der Waals surface area contributed by atoms with Crippen molar-refractivity contribution in [2.45, 2.75) is 12.2 Å². The topological polar surface area (TPSA) is 24.1 Å². The number of piperazine rings is 1. The van der Waals surface area contributed by atoms with Gasteiger partial charge in [0.05, 0.1) is 5.56 Å². The Morgan fingerprint density at radius 3 is 2.62 bits per heavy atom. The largest absolute Gasteiger partial charge is 0.416 e. The lowest BCUT2D eigenvalue weighted by Crippen LogP contribution is -2.42. The van der Waals surface area contributed by atoms with E-state index in [1.165, 1.54) is 12.1 Å². The average Bonchev–Trinajstić information content (AvgIpc) is 2.29. The van der Waals surface area contributed by atoms with Crippen LogP contribution in [0.1, 0.15) is 17.2 Å². The quantitative estimate of drug-likeness (QED) is 0.770. The van der Waals surface area contributed by atoms with Gasteiger partial charge in [0, 0.05) is 25.7 Å². The van der Waals surface area contributed by atoms with E-state index in [4.69, 9.17) is 0 Å². The molecule has 5 heteroatoms. The third kappa shape index (κ3) is 2.54. The van der Waals surface area contributed by atoms with Gasteiger partial charge in [-0.25, -0.2) is 0 Å². The standard InChI is InChI=1S/C11H13F3N2/c12-11(13,14)9-3-1-2-8(6-9)10-7-15-4-5-16-10/h1-3,6,10,15-16H,4-5,7H2/t10-/m1/s1. The first-order valence-corrected chi connectivity index (χ1v) is 5.18. The maximum absolute atomic E-state index is 12.5. The fourth-order valence-electron chi connectivity index (χ4n) is 1.82. The minimum absolute atomic E-state index is 0.0314. The first kappa shape index (κ1) is 11.4.